The van der Waals surface area contributed by atoms with E-state index in [4.69, 9.17) is 0 Å². The molecule has 0 aliphatic heterocycles. The number of carboxylic acid groups (broad SMARTS) is 1. The van der Waals surface area contributed by atoms with Crippen molar-refractivity contribution >= 4 is 12.0 Å². The molecular formula is C16H30N2O3. The van der Waals surface area contributed by atoms with E-state index in [1.807, 2.05) is 6.92 Å². The molecule has 0 saturated heterocycles. The smallest absolute Gasteiger partial charge is 0.315 e. The van der Waals surface area contributed by atoms with Crippen LogP contribution in [0.2, 0.25) is 0 Å². The number of hydrogen-bond donors (Lipinski definition) is 3. The summed E-state index contributed by atoms with van der Waals surface area (Å²) in [6, 6.07) is -0.122. The van der Waals surface area contributed by atoms with Gasteiger partial charge in [-0.25, -0.2) is 4.79 Å². The van der Waals surface area contributed by atoms with Gasteiger partial charge < -0.3 is 15.7 Å². The van der Waals surface area contributed by atoms with Crippen molar-refractivity contribution in [2.75, 3.05) is 6.54 Å². The Morgan fingerprint density at radius 1 is 1.19 bits per heavy atom. The molecule has 0 aromatic heterocycles. The van der Waals surface area contributed by atoms with Gasteiger partial charge in [0.15, 0.2) is 0 Å². The third-order valence-electron chi connectivity index (χ3n) is 4.47. The zero-order chi connectivity index (χ0) is 15.7. The summed E-state index contributed by atoms with van der Waals surface area (Å²) < 4.78 is 0. The van der Waals surface area contributed by atoms with Crippen molar-refractivity contribution < 1.29 is 14.7 Å². The maximum absolute atomic E-state index is 11.9. The number of aliphatic carboxylic acids is 1. The second-order valence-corrected chi connectivity index (χ2v) is 6.37. The SMILES string of the molecule is CCCCC(C)NC(=O)NCC1(C(=O)O)CCCCCC1. The molecule has 0 radical (unpaired) electrons. The molecule has 2 amide bonds. The standard InChI is InChI=1S/C16H30N2O3/c1-3-4-9-13(2)18-15(21)17-12-16(14(19)20)10-7-5-6-8-11-16/h13H,3-12H2,1-2H3,(H,19,20)(H2,17,18,21). The van der Waals surface area contributed by atoms with E-state index in [2.05, 4.69) is 17.6 Å². The van der Waals surface area contributed by atoms with Crippen LogP contribution in [0.15, 0.2) is 0 Å². The molecular weight excluding hydrogens is 268 g/mol. The number of unbranched alkanes of at least 4 members (excludes halogenated alkanes) is 1. The first kappa shape index (κ1) is 17.8. The second kappa shape index (κ2) is 8.90. The normalized spacial score (nSPS) is 19.3. The van der Waals surface area contributed by atoms with Gasteiger partial charge in [0.2, 0.25) is 0 Å². The molecule has 0 aromatic rings. The number of nitrogens with one attached hydrogen (secondary N) is 2. The Bertz CT molecular complexity index is 336. The van der Waals surface area contributed by atoms with Crippen LogP contribution in [0.4, 0.5) is 4.79 Å². The minimum Gasteiger partial charge on any atom is -0.481 e. The molecule has 0 bridgehead atoms. The van der Waals surface area contributed by atoms with Gasteiger partial charge in [0, 0.05) is 12.6 Å². The zero-order valence-corrected chi connectivity index (χ0v) is 13.4. The molecule has 0 aromatic carbocycles. The lowest BCUT2D eigenvalue weighted by Gasteiger charge is -2.28. The summed E-state index contributed by atoms with van der Waals surface area (Å²) in [6.07, 6.45) is 8.52. The number of amides is 2. The Labute approximate surface area is 127 Å². The van der Waals surface area contributed by atoms with Crippen molar-refractivity contribution in [1.82, 2.24) is 10.6 Å². The van der Waals surface area contributed by atoms with Crippen molar-refractivity contribution in [2.24, 2.45) is 5.41 Å². The van der Waals surface area contributed by atoms with Crippen LogP contribution in [0.3, 0.4) is 0 Å². The van der Waals surface area contributed by atoms with Crippen LogP contribution < -0.4 is 10.6 Å². The van der Waals surface area contributed by atoms with Crippen molar-refractivity contribution in [3.05, 3.63) is 0 Å². The Kier molecular flexibility index (Phi) is 7.54. The van der Waals surface area contributed by atoms with Crippen molar-refractivity contribution in [1.29, 1.82) is 0 Å². The van der Waals surface area contributed by atoms with Gasteiger partial charge >= 0.3 is 12.0 Å². The highest BCUT2D eigenvalue weighted by Gasteiger charge is 2.38. The van der Waals surface area contributed by atoms with Gasteiger partial charge in [-0.15, -0.1) is 0 Å². The highest BCUT2D eigenvalue weighted by molar-refractivity contribution is 5.78. The number of hydrogen-bond acceptors (Lipinski definition) is 2. The van der Waals surface area contributed by atoms with Gasteiger partial charge in [-0.3, -0.25) is 4.79 Å². The minimum atomic E-state index is -0.777. The average Bonchev–Trinajstić information content (AvgIpc) is 2.69. The Morgan fingerprint density at radius 2 is 1.81 bits per heavy atom. The summed E-state index contributed by atoms with van der Waals surface area (Å²) in [5, 5.41) is 15.2. The van der Waals surface area contributed by atoms with Crippen LogP contribution in [0, 0.1) is 5.41 Å². The number of carboxylic acids is 1. The molecule has 0 heterocycles. The maximum atomic E-state index is 11.9. The van der Waals surface area contributed by atoms with Crippen molar-refractivity contribution in [3.63, 3.8) is 0 Å². The Hall–Kier alpha value is -1.26. The van der Waals surface area contributed by atoms with Crippen LogP contribution in [0.25, 0.3) is 0 Å². The Morgan fingerprint density at radius 3 is 2.33 bits per heavy atom. The van der Waals surface area contributed by atoms with Gasteiger partial charge in [0.1, 0.15) is 0 Å². The van der Waals surface area contributed by atoms with Gasteiger partial charge in [0.25, 0.3) is 0 Å². The second-order valence-electron chi connectivity index (χ2n) is 6.37. The van der Waals surface area contributed by atoms with Crippen molar-refractivity contribution in [2.45, 2.75) is 77.7 Å². The monoisotopic (exact) mass is 298 g/mol. The van der Waals surface area contributed by atoms with Crippen LogP contribution in [0.5, 0.6) is 0 Å². The summed E-state index contributed by atoms with van der Waals surface area (Å²) in [7, 11) is 0. The number of urea groups is 1. The van der Waals surface area contributed by atoms with Crippen molar-refractivity contribution in [3.8, 4) is 0 Å². The predicted molar refractivity (Wildman–Crippen MR) is 83.3 cm³/mol. The Balaban J connectivity index is 2.45. The van der Waals surface area contributed by atoms with E-state index >= 15 is 0 Å². The topological polar surface area (TPSA) is 78.4 Å². The quantitative estimate of drug-likeness (QED) is 0.631. The molecule has 1 fully saturated rings. The fourth-order valence-corrected chi connectivity index (χ4v) is 2.98. The van der Waals surface area contributed by atoms with E-state index in [0.29, 0.717) is 12.8 Å². The van der Waals surface area contributed by atoms with E-state index in [0.717, 1.165) is 44.9 Å². The molecule has 1 atom stereocenters. The lowest BCUT2D eigenvalue weighted by Crippen LogP contribution is -2.48. The first-order valence-electron chi connectivity index (χ1n) is 8.28. The van der Waals surface area contributed by atoms with Crippen LogP contribution in [0.1, 0.15) is 71.6 Å². The predicted octanol–water partition coefficient (Wildman–Crippen LogP) is 3.29. The molecule has 1 aliphatic carbocycles. The van der Waals surface area contributed by atoms with E-state index in [-0.39, 0.29) is 18.6 Å². The molecule has 21 heavy (non-hydrogen) atoms. The molecule has 5 heteroatoms. The van der Waals surface area contributed by atoms with Gasteiger partial charge in [-0.1, -0.05) is 45.4 Å². The first-order chi connectivity index (χ1) is 10.00. The largest absolute Gasteiger partial charge is 0.481 e. The first-order valence-corrected chi connectivity index (χ1v) is 8.28. The lowest BCUT2D eigenvalue weighted by atomic mass is 9.80. The third kappa shape index (κ3) is 5.94. The summed E-state index contributed by atoms with van der Waals surface area (Å²) >= 11 is 0. The van der Waals surface area contributed by atoms with Crippen LogP contribution in [-0.4, -0.2) is 29.7 Å². The molecule has 5 nitrogen and oxygen atoms in total. The summed E-state index contributed by atoms with van der Waals surface area (Å²) in [6.45, 7) is 4.33. The molecule has 0 spiro atoms. The van der Waals surface area contributed by atoms with E-state index in [9.17, 15) is 14.7 Å². The van der Waals surface area contributed by atoms with E-state index in [1.54, 1.807) is 0 Å². The molecule has 122 valence electrons. The van der Waals surface area contributed by atoms with E-state index < -0.39 is 11.4 Å². The zero-order valence-electron chi connectivity index (χ0n) is 13.4. The number of carbonyl (C=O) groups excluding carboxylic acids is 1. The molecule has 1 unspecified atom stereocenters. The summed E-state index contributed by atoms with van der Waals surface area (Å²) in [5.74, 6) is -0.774. The summed E-state index contributed by atoms with van der Waals surface area (Å²) in [4.78, 5) is 23.5. The molecule has 1 aliphatic rings. The fourth-order valence-electron chi connectivity index (χ4n) is 2.98. The minimum absolute atomic E-state index is 0.125. The molecule has 1 rings (SSSR count). The van der Waals surface area contributed by atoms with Crippen LogP contribution >= 0.6 is 0 Å². The number of carbonyl (C=O) groups is 2. The van der Waals surface area contributed by atoms with E-state index in [1.165, 1.54) is 0 Å². The van der Waals surface area contributed by atoms with Gasteiger partial charge in [0.05, 0.1) is 5.41 Å². The highest BCUT2D eigenvalue weighted by Crippen LogP contribution is 2.34. The summed E-state index contributed by atoms with van der Waals surface area (Å²) in [5.41, 5.74) is -0.777. The number of rotatable bonds is 7. The highest BCUT2D eigenvalue weighted by atomic mass is 16.4. The molecule has 1 saturated carbocycles. The third-order valence-corrected chi connectivity index (χ3v) is 4.47. The fraction of sp³-hybridized carbons (Fsp3) is 0.875. The maximum Gasteiger partial charge on any atom is 0.315 e. The average molecular weight is 298 g/mol. The van der Waals surface area contributed by atoms with Gasteiger partial charge in [-0.2, -0.15) is 0 Å². The molecule has 3 N–H and O–H groups in total. The van der Waals surface area contributed by atoms with Crippen LogP contribution in [-0.2, 0) is 4.79 Å². The van der Waals surface area contributed by atoms with Gasteiger partial charge in [-0.05, 0) is 26.2 Å². The lowest BCUT2D eigenvalue weighted by molar-refractivity contribution is -0.149.